The van der Waals surface area contributed by atoms with Crippen LogP contribution in [0.3, 0.4) is 0 Å². The number of nitrogens with zero attached hydrogens (tertiary/aromatic N) is 4. The number of nitriles is 1. The summed E-state index contributed by atoms with van der Waals surface area (Å²) >= 11 is 0. The zero-order chi connectivity index (χ0) is 17.6. The maximum atomic E-state index is 10.7. The van der Waals surface area contributed by atoms with Crippen LogP contribution in [-0.4, -0.2) is 42.5 Å². The average Bonchev–Trinajstić information content (AvgIpc) is 2.67. The highest BCUT2D eigenvalue weighted by Crippen LogP contribution is 2.21. The number of para-hydroxylation sites is 1. The van der Waals surface area contributed by atoms with Crippen molar-refractivity contribution in [1.82, 2.24) is 4.90 Å². The fourth-order valence-corrected chi connectivity index (χ4v) is 3.13. The highest BCUT2D eigenvalue weighted by Gasteiger charge is 2.18. The van der Waals surface area contributed by atoms with Crippen LogP contribution < -0.4 is 4.90 Å². The molecule has 128 valence electrons. The van der Waals surface area contributed by atoms with Crippen molar-refractivity contribution in [2.45, 2.75) is 6.42 Å². The van der Waals surface area contributed by atoms with E-state index in [4.69, 9.17) is 0 Å². The molecule has 0 amide bonds. The van der Waals surface area contributed by atoms with Gasteiger partial charge in [0.15, 0.2) is 0 Å². The molecule has 0 N–H and O–H groups in total. The summed E-state index contributed by atoms with van der Waals surface area (Å²) in [5, 5.41) is 19.9. The molecular weight excluding hydrogens is 316 g/mol. The van der Waals surface area contributed by atoms with E-state index in [2.05, 4.69) is 15.9 Å². The summed E-state index contributed by atoms with van der Waals surface area (Å²) in [4.78, 5) is 15.0. The van der Waals surface area contributed by atoms with E-state index in [9.17, 15) is 15.4 Å². The lowest BCUT2D eigenvalue weighted by Gasteiger charge is -2.36. The fraction of sp³-hybridized carbons (Fsp3) is 0.316. The van der Waals surface area contributed by atoms with Crippen LogP contribution in [0.4, 0.5) is 11.4 Å². The third-order valence-electron chi connectivity index (χ3n) is 4.60. The van der Waals surface area contributed by atoms with Gasteiger partial charge in [0.1, 0.15) is 6.07 Å². The molecule has 2 aromatic rings. The van der Waals surface area contributed by atoms with E-state index in [1.165, 1.54) is 0 Å². The molecule has 0 atom stereocenters. The highest BCUT2D eigenvalue weighted by molar-refractivity contribution is 5.59. The quantitative estimate of drug-likeness (QED) is 0.620. The summed E-state index contributed by atoms with van der Waals surface area (Å²) in [7, 11) is 0. The van der Waals surface area contributed by atoms with Gasteiger partial charge in [-0.25, -0.2) is 0 Å². The first-order valence-electron chi connectivity index (χ1n) is 8.37. The van der Waals surface area contributed by atoms with Gasteiger partial charge in [0.2, 0.25) is 0 Å². The Hall–Kier alpha value is -2.91. The standard InChI is InChI=1S/C19H20N4O2/c20-15-17-3-1-2-4-19(17)22-13-11-21(12-14-22)10-9-16-5-7-18(8-6-16)23(24)25/h1-8H,9-14H2. The molecule has 1 aliphatic rings. The second-order valence-electron chi connectivity index (χ2n) is 6.13. The van der Waals surface area contributed by atoms with Crippen molar-refractivity contribution in [2.75, 3.05) is 37.6 Å². The summed E-state index contributed by atoms with van der Waals surface area (Å²) in [6.45, 7) is 4.64. The van der Waals surface area contributed by atoms with Gasteiger partial charge in [0.05, 0.1) is 16.2 Å². The number of non-ortho nitro benzene ring substituents is 1. The van der Waals surface area contributed by atoms with Crippen molar-refractivity contribution in [2.24, 2.45) is 0 Å². The van der Waals surface area contributed by atoms with E-state index in [-0.39, 0.29) is 10.6 Å². The molecule has 3 rings (SSSR count). The van der Waals surface area contributed by atoms with Gasteiger partial charge in [-0.15, -0.1) is 0 Å². The van der Waals surface area contributed by atoms with Crippen LogP contribution >= 0.6 is 0 Å². The second kappa shape index (κ2) is 7.77. The summed E-state index contributed by atoms with van der Waals surface area (Å²) < 4.78 is 0. The molecule has 1 saturated heterocycles. The topological polar surface area (TPSA) is 73.4 Å². The van der Waals surface area contributed by atoms with Crippen molar-refractivity contribution in [3.8, 4) is 6.07 Å². The van der Waals surface area contributed by atoms with Gasteiger partial charge in [0, 0.05) is 44.9 Å². The monoisotopic (exact) mass is 336 g/mol. The predicted octanol–water partition coefficient (Wildman–Crippen LogP) is 2.83. The van der Waals surface area contributed by atoms with Crippen molar-refractivity contribution < 1.29 is 4.92 Å². The Morgan fingerprint density at radius 1 is 1.04 bits per heavy atom. The maximum Gasteiger partial charge on any atom is 0.269 e. The van der Waals surface area contributed by atoms with Gasteiger partial charge < -0.3 is 4.90 Å². The lowest BCUT2D eigenvalue weighted by atomic mass is 10.1. The lowest BCUT2D eigenvalue weighted by Crippen LogP contribution is -2.47. The van der Waals surface area contributed by atoms with Gasteiger partial charge in [-0.2, -0.15) is 5.26 Å². The number of piperazine rings is 1. The predicted molar refractivity (Wildman–Crippen MR) is 96.6 cm³/mol. The molecule has 1 aliphatic heterocycles. The molecule has 0 saturated carbocycles. The first-order chi connectivity index (χ1) is 12.2. The highest BCUT2D eigenvalue weighted by atomic mass is 16.6. The Morgan fingerprint density at radius 2 is 1.72 bits per heavy atom. The third-order valence-corrected chi connectivity index (χ3v) is 4.60. The molecule has 25 heavy (non-hydrogen) atoms. The van der Waals surface area contributed by atoms with Crippen LogP contribution in [0.1, 0.15) is 11.1 Å². The minimum absolute atomic E-state index is 0.133. The van der Waals surface area contributed by atoms with Gasteiger partial charge in [-0.3, -0.25) is 15.0 Å². The first kappa shape index (κ1) is 16.9. The van der Waals surface area contributed by atoms with Crippen molar-refractivity contribution >= 4 is 11.4 Å². The van der Waals surface area contributed by atoms with Gasteiger partial charge in [-0.1, -0.05) is 24.3 Å². The van der Waals surface area contributed by atoms with Gasteiger partial charge in [0.25, 0.3) is 5.69 Å². The Labute approximate surface area is 147 Å². The summed E-state index contributed by atoms with van der Waals surface area (Å²) in [5.41, 5.74) is 2.98. The van der Waals surface area contributed by atoms with Crippen molar-refractivity contribution in [3.05, 3.63) is 69.8 Å². The minimum atomic E-state index is -0.373. The van der Waals surface area contributed by atoms with Crippen LogP contribution in [0.2, 0.25) is 0 Å². The largest absolute Gasteiger partial charge is 0.368 e. The molecule has 1 heterocycles. The molecular formula is C19H20N4O2. The minimum Gasteiger partial charge on any atom is -0.368 e. The smallest absolute Gasteiger partial charge is 0.269 e. The zero-order valence-corrected chi connectivity index (χ0v) is 14.0. The average molecular weight is 336 g/mol. The number of benzene rings is 2. The van der Waals surface area contributed by atoms with Crippen LogP contribution in [0, 0.1) is 21.4 Å². The molecule has 0 bridgehead atoms. The maximum absolute atomic E-state index is 10.7. The van der Waals surface area contributed by atoms with Gasteiger partial charge >= 0.3 is 0 Å². The summed E-state index contributed by atoms with van der Waals surface area (Å²) in [5.74, 6) is 0. The number of nitro benzene ring substituents is 1. The van der Waals surface area contributed by atoms with E-state index in [0.29, 0.717) is 0 Å². The van der Waals surface area contributed by atoms with Gasteiger partial charge in [-0.05, 0) is 24.1 Å². The summed E-state index contributed by atoms with van der Waals surface area (Å²) in [6, 6.07) is 16.8. The van der Waals surface area contributed by atoms with Crippen LogP contribution in [-0.2, 0) is 6.42 Å². The summed E-state index contributed by atoms with van der Waals surface area (Å²) in [6.07, 6.45) is 0.882. The molecule has 0 unspecified atom stereocenters. The fourth-order valence-electron chi connectivity index (χ4n) is 3.13. The van der Waals surface area contributed by atoms with E-state index >= 15 is 0 Å². The van der Waals surface area contributed by atoms with E-state index in [1.807, 2.05) is 36.4 Å². The number of hydrogen-bond acceptors (Lipinski definition) is 5. The molecule has 0 aliphatic carbocycles. The van der Waals surface area contributed by atoms with E-state index < -0.39 is 0 Å². The van der Waals surface area contributed by atoms with E-state index in [0.717, 1.165) is 56.0 Å². The zero-order valence-electron chi connectivity index (χ0n) is 14.0. The molecule has 6 heteroatoms. The Morgan fingerprint density at radius 3 is 2.36 bits per heavy atom. The Kier molecular flexibility index (Phi) is 5.26. The normalized spacial score (nSPS) is 14.9. The number of hydrogen-bond donors (Lipinski definition) is 0. The Bertz CT molecular complexity index is 775. The van der Waals surface area contributed by atoms with Crippen molar-refractivity contribution in [1.29, 1.82) is 5.26 Å². The van der Waals surface area contributed by atoms with Crippen LogP contribution in [0.25, 0.3) is 0 Å². The second-order valence-corrected chi connectivity index (χ2v) is 6.13. The number of rotatable bonds is 5. The van der Waals surface area contributed by atoms with Crippen LogP contribution in [0.15, 0.2) is 48.5 Å². The lowest BCUT2D eigenvalue weighted by molar-refractivity contribution is -0.384. The van der Waals surface area contributed by atoms with Crippen molar-refractivity contribution in [3.63, 3.8) is 0 Å². The molecule has 6 nitrogen and oxygen atoms in total. The molecule has 1 fully saturated rings. The first-order valence-corrected chi connectivity index (χ1v) is 8.37. The Balaban J connectivity index is 1.51. The SMILES string of the molecule is N#Cc1ccccc1N1CCN(CCc2ccc([N+](=O)[O-])cc2)CC1. The molecule has 0 aromatic heterocycles. The van der Waals surface area contributed by atoms with E-state index in [1.54, 1.807) is 12.1 Å². The third kappa shape index (κ3) is 4.14. The molecule has 0 spiro atoms. The van der Waals surface area contributed by atoms with Crippen LogP contribution in [0.5, 0.6) is 0 Å². The number of nitro groups is 1. The number of anilines is 1. The molecule has 2 aromatic carbocycles. The molecule has 0 radical (unpaired) electrons.